The molecule has 1 aromatic carbocycles. The molecule has 0 spiro atoms. The van der Waals surface area contributed by atoms with Gasteiger partial charge < -0.3 is 15.0 Å². The van der Waals surface area contributed by atoms with Gasteiger partial charge in [0.25, 0.3) is 0 Å². The van der Waals surface area contributed by atoms with Gasteiger partial charge in [-0.15, -0.1) is 11.8 Å². The molecular formula is C19H24N2O3S. The zero-order valence-electron chi connectivity index (χ0n) is 14.4. The van der Waals surface area contributed by atoms with Crippen molar-refractivity contribution in [3.63, 3.8) is 0 Å². The molecule has 1 aliphatic rings. The van der Waals surface area contributed by atoms with Gasteiger partial charge in [0, 0.05) is 28.8 Å². The largest absolute Gasteiger partial charge is 0.467 e. The van der Waals surface area contributed by atoms with Crippen molar-refractivity contribution in [3.8, 4) is 0 Å². The number of amides is 1. The number of fused-ring (bicyclic) bond motifs is 1. The summed E-state index contributed by atoms with van der Waals surface area (Å²) in [5.74, 6) is -0.122. The van der Waals surface area contributed by atoms with E-state index < -0.39 is 12.0 Å². The van der Waals surface area contributed by atoms with Gasteiger partial charge in [0.15, 0.2) is 0 Å². The van der Waals surface area contributed by atoms with Gasteiger partial charge in [-0.1, -0.05) is 31.0 Å². The number of thioether (sulfide) groups is 1. The minimum absolute atomic E-state index is 0.104. The highest BCUT2D eigenvalue weighted by atomic mass is 32.2. The lowest BCUT2D eigenvalue weighted by Gasteiger charge is -2.17. The molecule has 6 heteroatoms. The summed E-state index contributed by atoms with van der Waals surface area (Å²) in [7, 11) is 1.35. The van der Waals surface area contributed by atoms with Crippen molar-refractivity contribution >= 4 is 34.5 Å². The van der Waals surface area contributed by atoms with Crippen molar-refractivity contribution in [3.05, 3.63) is 36.0 Å². The molecule has 0 radical (unpaired) electrons. The molecule has 1 aromatic heterocycles. The Kier molecular flexibility index (Phi) is 6.02. The van der Waals surface area contributed by atoms with Crippen LogP contribution in [0.15, 0.2) is 30.5 Å². The first-order valence-electron chi connectivity index (χ1n) is 8.71. The first-order chi connectivity index (χ1) is 12.2. The summed E-state index contributed by atoms with van der Waals surface area (Å²) >= 11 is 1.69. The van der Waals surface area contributed by atoms with Gasteiger partial charge in [-0.25, -0.2) is 4.79 Å². The molecule has 2 N–H and O–H groups in total. The molecule has 0 saturated heterocycles. The molecular weight excluding hydrogens is 336 g/mol. The molecule has 5 nitrogen and oxygen atoms in total. The van der Waals surface area contributed by atoms with Gasteiger partial charge in [0.1, 0.15) is 6.04 Å². The maximum absolute atomic E-state index is 12.3. The van der Waals surface area contributed by atoms with Gasteiger partial charge in [-0.05, 0) is 24.5 Å². The average Bonchev–Trinajstić information content (AvgIpc) is 3.29. The number of methoxy groups -OCH3 is 1. The monoisotopic (exact) mass is 360 g/mol. The van der Waals surface area contributed by atoms with E-state index in [0.717, 1.165) is 16.5 Å². The Balaban J connectivity index is 1.63. The number of esters is 1. The Morgan fingerprint density at radius 2 is 2.08 bits per heavy atom. The van der Waals surface area contributed by atoms with Crippen LogP contribution in [0.4, 0.5) is 0 Å². The summed E-state index contributed by atoms with van der Waals surface area (Å²) in [4.78, 5) is 27.6. The third kappa shape index (κ3) is 4.57. The standard InChI is InChI=1S/C19H24N2O3S/c1-24-19(23)17(21-18(22)12-25-14-6-2-3-7-14)10-13-11-20-16-9-5-4-8-15(13)16/h4-5,8-9,11,14,17,20H,2-3,6-7,10,12H2,1H3,(H,21,22)/t17-/m0/s1. The Morgan fingerprint density at radius 3 is 2.84 bits per heavy atom. The SMILES string of the molecule is COC(=O)[C@H](Cc1c[nH]c2ccccc12)NC(=O)CSC1CCCC1. The summed E-state index contributed by atoms with van der Waals surface area (Å²) in [5, 5.41) is 4.49. The van der Waals surface area contributed by atoms with Gasteiger partial charge in [0.2, 0.25) is 5.91 Å². The third-order valence-corrected chi connectivity index (χ3v) is 6.04. The highest BCUT2D eigenvalue weighted by Gasteiger charge is 2.24. The van der Waals surface area contributed by atoms with E-state index in [2.05, 4.69) is 10.3 Å². The maximum atomic E-state index is 12.3. The predicted octanol–water partition coefficient (Wildman–Crippen LogP) is 3.04. The fraction of sp³-hybridized carbons (Fsp3) is 0.474. The van der Waals surface area contributed by atoms with Crippen molar-refractivity contribution in [1.29, 1.82) is 0 Å². The minimum atomic E-state index is -0.666. The molecule has 134 valence electrons. The zero-order chi connectivity index (χ0) is 17.6. The minimum Gasteiger partial charge on any atom is -0.467 e. The second kappa shape index (κ2) is 8.43. The van der Waals surface area contributed by atoms with Crippen molar-refractivity contribution in [2.75, 3.05) is 12.9 Å². The lowest BCUT2D eigenvalue weighted by molar-refractivity contribution is -0.144. The number of hydrogen-bond donors (Lipinski definition) is 2. The van der Waals surface area contributed by atoms with E-state index >= 15 is 0 Å². The highest BCUT2D eigenvalue weighted by Crippen LogP contribution is 2.29. The van der Waals surface area contributed by atoms with E-state index in [4.69, 9.17) is 4.74 Å². The Morgan fingerprint density at radius 1 is 1.32 bits per heavy atom. The van der Waals surface area contributed by atoms with Gasteiger partial charge in [-0.2, -0.15) is 0 Å². The van der Waals surface area contributed by atoms with Gasteiger partial charge >= 0.3 is 5.97 Å². The molecule has 0 bridgehead atoms. The molecule has 1 fully saturated rings. The number of carbonyl (C=O) groups is 2. The first kappa shape index (κ1) is 17.9. The number of aromatic amines is 1. The van der Waals surface area contributed by atoms with Crippen molar-refractivity contribution in [1.82, 2.24) is 10.3 Å². The molecule has 1 heterocycles. The number of carbonyl (C=O) groups excluding carboxylic acids is 2. The fourth-order valence-corrected chi connectivity index (χ4v) is 4.48. The summed E-state index contributed by atoms with van der Waals surface area (Å²) < 4.78 is 4.88. The first-order valence-corrected chi connectivity index (χ1v) is 9.76. The van der Waals surface area contributed by atoms with Crippen LogP contribution in [0.2, 0.25) is 0 Å². The van der Waals surface area contributed by atoms with E-state index in [9.17, 15) is 9.59 Å². The topological polar surface area (TPSA) is 71.2 Å². The summed E-state index contributed by atoms with van der Waals surface area (Å²) in [6, 6.07) is 7.25. The Hall–Kier alpha value is -1.95. The van der Waals surface area contributed by atoms with E-state index in [0.29, 0.717) is 17.4 Å². The summed E-state index contributed by atoms with van der Waals surface area (Å²) in [6.07, 6.45) is 7.19. The fourth-order valence-electron chi connectivity index (χ4n) is 3.34. The van der Waals surface area contributed by atoms with Crippen LogP contribution in [0.5, 0.6) is 0 Å². The number of nitrogens with one attached hydrogen (secondary N) is 2. The molecule has 25 heavy (non-hydrogen) atoms. The molecule has 0 unspecified atom stereocenters. The highest BCUT2D eigenvalue weighted by molar-refractivity contribution is 8.00. The number of rotatable bonds is 7. The molecule has 1 atom stereocenters. The quantitative estimate of drug-likeness (QED) is 0.745. The summed E-state index contributed by atoms with van der Waals surface area (Å²) in [5.41, 5.74) is 2.01. The second-order valence-electron chi connectivity index (χ2n) is 6.42. The van der Waals surface area contributed by atoms with Crippen LogP contribution in [0.3, 0.4) is 0 Å². The van der Waals surface area contributed by atoms with Crippen LogP contribution in [-0.2, 0) is 20.7 Å². The van der Waals surface area contributed by atoms with Gasteiger partial charge in [-0.3, -0.25) is 4.79 Å². The van der Waals surface area contributed by atoms with Crippen LogP contribution < -0.4 is 5.32 Å². The van der Waals surface area contributed by atoms with E-state index in [1.807, 2.05) is 30.5 Å². The molecule has 1 amide bonds. The number of H-pyrrole nitrogens is 1. The van der Waals surface area contributed by atoms with Crippen LogP contribution in [-0.4, -0.2) is 41.0 Å². The molecule has 3 rings (SSSR count). The normalized spacial score (nSPS) is 16.0. The van der Waals surface area contributed by atoms with Gasteiger partial charge in [0.05, 0.1) is 12.9 Å². The molecule has 1 aliphatic carbocycles. The van der Waals surface area contributed by atoms with E-state index in [-0.39, 0.29) is 5.91 Å². The molecule has 2 aromatic rings. The van der Waals surface area contributed by atoms with E-state index in [1.165, 1.54) is 32.8 Å². The smallest absolute Gasteiger partial charge is 0.328 e. The Labute approximate surface area is 151 Å². The number of aromatic nitrogens is 1. The second-order valence-corrected chi connectivity index (χ2v) is 7.71. The van der Waals surface area contributed by atoms with E-state index in [1.54, 1.807) is 11.8 Å². The van der Waals surface area contributed by atoms with Crippen LogP contribution in [0.1, 0.15) is 31.2 Å². The number of ether oxygens (including phenoxy) is 1. The maximum Gasteiger partial charge on any atom is 0.328 e. The number of hydrogen-bond acceptors (Lipinski definition) is 4. The predicted molar refractivity (Wildman–Crippen MR) is 101 cm³/mol. The number of para-hydroxylation sites is 1. The Bertz CT molecular complexity index is 737. The molecule has 0 aliphatic heterocycles. The van der Waals surface area contributed by atoms with Crippen molar-refractivity contribution in [2.24, 2.45) is 0 Å². The third-order valence-electron chi connectivity index (χ3n) is 4.67. The number of benzene rings is 1. The lowest BCUT2D eigenvalue weighted by atomic mass is 10.0. The van der Waals surface area contributed by atoms with Crippen LogP contribution >= 0.6 is 11.8 Å². The van der Waals surface area contributed by atoms with Crippen molar-refractivity contribution < 1.29 is 14.3 Å². The molecule has 1 saturated carbocycles. The summed E-state index contributed by atoms with van der Waals surface area (Å²) in [6.45, 7) is 0. The lowest BCUT2D eigenvalue weighted by Crippen LogP contribution is -2.44. The van der Waals surface area contributed by atoms with Crippen LogP contribution in [0.25, 0.3) is 10.9 Å². The van der Waals surface area contributed by atoms with Crippen LogP contribution in [0, 0.1) is 0 Å². The zero-order valence-corrected chi connectivity index (χ0v) is 15.2. The average molecular weight is 360 g/mol. The van der Waals surface area contributed by atoms with Crippen molar-refractivity contribution in [2.45, 2.75) is 43.4 Å².